The highest BCUT2D eigenvalue weighted by Crippen LogP contribution is 1.99. The smallest absolute Gasteiger partial charge is 0.141 e. The summed E-state index contributed by atoms with van der Waals surface area (Å²) in [6.07, 6.45) is 4.30. The van der Waals surface area contributed by atoms with Gasteiger partial charge in [-0.15, -0.1) is 0 Å². The van der Waals surface area contributed by atoms with Gasteiger partial charge < -0.3 is 5.11 Å². The fourth-order valence-corrected chi connectivity index (χ4v) is 0.659. The number of hydrogen-bond donors (Lipinski definition) is 1. The standard InChI is InChI=1S/C8H8FNO/c9-7-3-4-8(10-6-7)2-1-5-11/h1-4,6,11H,5H2. The van der Waals surface area contributed by atoms with Crippen molar-refractivity contribution in [3.8, 4) is 0 Å². The number of pyridine rings is 1. The Morgan fingerprint density at radius 2 is 2.36 bits per heavy atom. The topological polar surface area (TPSA) is 33.1 Å². The van der Waals surface area contributed by atoms with Crippen LogP contribution in [0.4, 0.5) is 4.39 Å². The fourth-order valence-electron chi connectivity index (χ4n) is 0.659. The highest BCUT2D eigenvalue weighted by Gasteiger charge is 1.88. The first-order chi connectivity index (χ1) is 5.33. The van der Waals surface area contributed by atoms with Crippen LogP contribution < -0.4 is 0 Å². The SMILES string of the molecule is OCC=Cc1ccc(F)cn1. The summed E-state index contributed by atoms with van der Waals surface area (Å²) in [4.78, 5) is 3.74. The van der Waals surface area contributed by atoms with Crippen LogP contribution in [0.15, 0.2) is 24.4 Å². The number of hydrogen-bond acceptors (Lipinski definition) is 2. The Labute approximate surface area is 64.0 Å². The third-order valence-electron chi connectivity index (χ3n) is 1.14. The molecule has 0 aliphatic heterocycles. The molecule has 0 fully saturated rings. The van der Waals surface area contributed by atoms with Gasteiger partial charge >= 0.3 is 0 Å². The summed E-state index contributed by atoms with van der Waals surface area (Å²) in [5.74, 6) is -0.355. The van der Waals surface area contributed by atoms with Crippen molar-refractivity contribution in [3.05, 3.63) is 35.9 Å². The van der Waals surface area contributed by atoms with Crippen molar-refractivity contribution in [3.63, 3.8) is 0 Å². The minimum atomic E-state index is -0.355. The number of aliphatic hydroxyl groups excluding tert-OH is 1. The molecular weight excluding hydrogens is 145 g/mol. The largest absolute Gasteiger partial charge is 0.392 e. The zero-order valence-corrected chi connectivity index (χ0v) is 5.87. The Kier molecular flexibility index (Phi) is 2.74. The lowest BCUT2D eigenvalue weighted by atomic mass is 10.3. The normalized spacial score (nSPS) is 10.7. The van der Waals surface area contributed by atoms with Gasteiger partial charge in [-0.3, -0.25) is 4.98 Å². The van der Waals surface area contributed by atoms with E-state index in [0.29, 0.717) is 5.69 Å². The Bertz CT molecular complexity index is 243. The molecule has 1 rings (SSSR count). The molecular formula is C8H8FNO. The molecule has 0 atom stereocenters. The van der Waals surface area contributed by atoms with Crippen LogP contribution in [0.5, 0.6) is 0 Å². The van der Waals surface area contributed by atoms with Crippen LogP contribution >= 0.6 is 0 Å². The van der Waals surface area contributed by atoms with E-state index in [0.717, 1.165) is 6.20 Å². The lowest BCUT2D eigenvalue weighted by molar-refractivity contribution is 0.343. The predicted molar refractivity (Wildman–Crippen MR) is 40.3 cm³/mol. The van der Waals surface area contributed by atoms with Crippen LogP contribution in [0.25, 0.3) is 6.08 Å². The van der Waals surface area contributed by atoms with Gasteiger partial charge in [-0.2, -0.15) is 0 Å². The third-order valence-corrected chi connectivity index (χ3v) is 1.14. The summed E-state index contributed by atoms with van der Waals surface area (Å²) in [5.41, 5.74) is 0.639. The molecule has 0 amide bonds. The Morgan fingerprint density at radius 3 is 2.91 bits per heavy atom. The minimum Gasteiger partial charge on any atom is -0.392 e. The van der Waals surface area contributed by atoms with Crippen molar-refractivity contribution in [2.45, 2.75) is 0 Å². The average molecular weight is 153 g/mol. The summed E-state index contributed by atoms with van der Waals surface area (Å²) in [6, 6.07) is 2.87. The van der Waals surface area contributed by atoms with Crippen LogP contribution in [0, 0.1) is 5.82 Å². The molecule has 0 spiro atoms. The van der Waals surface area contributed by atoms with E-state index >= 15 is 0 Å². The number of halogens is 1. The fraction of sp³-hybridized carbons (Fsp3) is 0.125. The van der Waals surface area contributed by atoms with E-state index in [9.17, 15) is 4.39 Å². The maximum absolute atomic E-state index is 12.3. The van der Waals surface area contributed by atoms with Gasteiger partial charge in [0.2, 0.25) is 0 Å². The predicted octanol–water partition coefficient (Wildman–Crippen LogP) is 1.23. The molecule has 0 saturated heterocycles. The van der Waals surface area contributed by atoms with Crippen molar-refractivity contribution in [1.82, 2.24) is 4.98 Å². The summed E-state index contributed by atoms with van der Waals surface area (Å²) in [6.45, 7) is -0.0287. The lowest BCUT2D eigenvalue weighted by Gasteiger charge is -1.90. The molecule has 0 aliphatic rings. The number of nitrogens with zero attached hydrogens (tertiary/aromatic N) is 1. The van der Waals surface area contributed by atoms with Gasteiger partial charge in [0.15, 0.2) is 0 Å². The lowest BCUT2D eigenvalue weighted by Crippen LogP contribution is -1.81. The van der Waals surface area contributed by atoms with Gasteiger partial charge in [-0.25, -0.2) is 4.39 Å². The molecule has 3 heteroatoms. The van der Waals surface area contributed by atoms with E-state index in [2.05, 4.69) is 4.98 Å². The third kappa shape index (κ3) is 2.47. The summed E-state index contributed by atoms with van der Waals surface area (Å²) < 4.78 is 12.3. The number of aromatic nitrogens is 1. The summed E-state index contributed by atoms with van der Waals surface area (Å²) in [5, 5.41) is 8.39. The quantitative estimate of drug-likeness (QED) is 0.693. The average Bonchev–Trinajstić information content (AvgIpc) is 2.04. The molecule has 1 heterocycles. The van der Waals surface area contributed by atoms with Gasteiger partial charge in [0.1, 0.15) is 5.82 Å². The van der Waals surface area contributed by atoms with Crippen molar-refractivity contribution in [2.75, 3.05) is 6.61 Å². The molecule has 1 aromatic rings. The van der Waals surface area contributed by atoms with Gasteiger partial charge in [-0.1, -0.05) is 6.08 Å². The minimum absolute atomic E-state index is 0.0287. The Balaban J connectivity index is 2.73. The molecule has 0 saturated carbocycles. The van der Waals surface area contributed by atoms with Gasteiger partial charge in [0.25, 0.3) is 0 Å². The van der Waals surface area contributed by atoms with Crippen molar-refractivity contribution in [2.24, 2.45) is 0 Å². The molecule has 11 heavy (non-hydrogen) atoms. The maximum Gasteiger partial charge on any atom is 0.141 e. The second kappa shape index (κ2) is 3.83. The molecule has 58 valence electrons. The van der Waals surface area contributed by atoms with Gasteiger partial charge in [-0.05, 0) is 18.2 Å². The zero-order valence-electron chi connectivity index (χ0n) is 5.87. The van der Waals surface area contributed by atoms with Crippen LogP contribution in [-0.4, -0.2) is 16.7 Å². The van der Waals surface area contributed by atoms with E-state index < -0.39 is 0 Å². The first-order valence-corrected chi connectivity index (χ1v) is 3.22. The van der Waals surface area contributed by atoms with E-state index in [4.69, 9.17) is 5.11 Å². The molecule has 0 aromatic carbocycles. The Morgan fingerprint density at radius 1 is 1.55 bits per heavy atom. The second-order valence-corrected chi connectivity index (χ2v) is 1.99. The van der Waals surface area contributed by atoms with Crippen LogP contribution in [0.2, 0.25) is 0 Å². The van der Waals surface area contributed by atoms with Crippen molar-refractivity contribution < 1.29 is 9.50 Å². The molecule has 2 nitrogen and oxygen atoms in total. The van der Waals surface area contributed by atoms with E-state index in [1.807, 2.05) is 0 Å². The maximum atomic E-state index is 12.3. The molecule has 1 aromatic heterocycles. The summed E-state index contributed by atoms with van der Waals surface area (Å²) in [7, 11) is 0. The molecule has 0 radical (unpaired) electrons. The van der Waals surface area contributed by atoms with Crippen LogP contribution in [-0.2, 0) is 0 Å². The number of rotatable bonds is 2. The molecule has 0 aliphatic carbocycles. The molecule has 0 unspecified atom stereocenters. The van der Waals surface area contributed by atoms with Gasteiger partial charge in [0, 0.05) is 0 Å². The molecule has 0 bridgehead atoms. The zero-order chi connectivity index (χ0) is 8.10. The summed E-state index contributed by atoms with van der Waals surface area (Å²) >= 11 is 0. The second-order valence-electron chi connectivity index (χ2n) is 1.99. The highest BCUT2D eigenvalue weighted by molar-refractivity contribution is 5.43. The monoisotopic (exact) mass is 153 g/mol. The van der Waals surface area contributed by atoms with Crippen LogP contribution in [0.1, 0.15) is 5.69 Å². The van der Waals surface area contributed by atoms with E-state index in [-0.39, 0.29) is 12.4 Å². The van der Waals surface area contributed by atoms with E-state index in [1.54, 1.807) is 18.2 Å². The Hall–Kier alpha value is -1.22. The van der Waals surface area contributed by atoms with Crippen molar-refractivity contribution in [1.29, 1.82) is 0 Å². The highest BCUT2D eigenvalue weighted by atomic mass is 19.1. The number of aliphatic hydroxyl groups is 1. The first kappa shape index (κ1) is 7.88. The van der Waals surface area contributed by atoms with E-state index in [1.165, 1.54) is 6.07 Å². The molecule has 1 N–H and O–H groups in total. The van der Waals surface area contributed by atoms with Crippen LogP contribution in [0.3, 0.4) is 0 Å². The first-order valence-electron chi connectivity index (χ1n) is 3.22. The van der Waals surface area contributed by atoms with Gasteiger partial charge in [0.05, 0.1) is 18.5 Å². The van der Waals surface area contributed by atoms with Crippen molar-refractivity contribution >= 4 is 6.08 Å².